The molecular weight excluding hydrogens is 358 g/mol. The first kappa shape index (κ1) is 23.5. The van der Waals surface area contributed by atoms with E-state index in [1.807, 2.05) is 32.9 Å². The Morgan fingerprint density at radius 1 is 1.18 bits per heavy atom. The van der Waals surface area contributed by atoms with Crippen molar-refractivity contribution in [3.05, 3.63) is 23.9 Å². The van der Waals surface area contributed by atoms with Crippen molar-refractivity contribution in [2.45, 2.75) is 59.1 Å². The summed E-state index contributed by atoms with van der Waals surface area (Å²) < 4.78 is 10.9. The highest BCUT2D eigenvalue weighted by Gasteiger charge is 2.15. The highest BCUT2D eigenvalue weighted by atomic mass is 16.6. The first-order valence-corrected chi connectivity index (χ1v) is 9.83. The largest absolute Gasteiger partial charge is 0.477 e. The van der Waals surface area contributed by atoms with E-state index in [-0.39, 0.29) is 0 Å². The van der Waals surface area contributed by atoms with Gasteiger partial charge in [0.2, 0.25) is 5.88 Å². The van der Waals surface area contributed by atoms with E-state index >= 15 is 0 Å². The van der Waals surface area contributed by atoms with E-state index in [0.717, 1.165) is 24.8 Å². The second-order valence-electron chi connectivity index (χ2n) is 7.30. The maximum absolute atomic E-state index is 11.6. The van der Waals surface area contributed by atoms with E-state index in [1.165, 1.54) is 0 Å². The maximum Gasteiger partial charge on any atom is 0.407 e. The Balaban J connectivity index is 2.32. The zero-order chi connectivity index (χ0) is 20.8. The van der Waals surface area contributed by atoms with Gasteiger partial charge in [0.15, 0.2) is 5.96 Å². The lowest BCUT2D eigenvalue weighted by Gasteiger charge is -2.19. The van der Waals surface area contributed by atoms with Gasteiger partial charge in [0.05, 0.1) is 6.61 Å². The third kappa shape index (κ3) is 10.6. The second-order valence-corrected chi connectivity index (χ2v) is 7.30. The molecule has 3 N–H and O–H groups in total. The van der Waals surface area contributed by atoms with E-state index in [1.54, 1.807) is 13.2 Å². The molecule has 0 unspecified atom stereocenters. The fraction of sp³-hybridized carbons (Fsp3) is 0.650. The standard InChI is InChI=1S/C20H35N5O3/c1-6-7-14-27-17-16(10-8-11-22-17)15-25-18(21-5)23-12-9-13-24-19(26)28-20(2,3)4/h8,10-11H,6-7,9,12-15H2,1-5H3,(H,24,26)(H2,21,23,25). The summed E-state index contributed by atoms with van der Waals surface area (Å²) in [5.74, 6) is 1.33. The molecule has 0 aliphatic rings. The van der Waals surface area contributed by atoms with Crippen LogP contribution in [0.1, 0.15) is 52.5 Å². The normalized spacial score (nSPS) is 11.7. The van der Waals surface area contributed by atoms with Crippen LogP contribution in [0.2, 0.25) is 0 Å². The van der Waals surface area contributed by atoms with E-state index in [0.29, 0.717) is 38.1 Å². The summed E-state index contributed by atoms with van der Waals surface area (Å²) in [6, 6.07) is 3.88. The molecule has 0 spiro atoms. The fourth-order valence-electron chi connectivity index (χ4n) is 2.20. The number of guanidine groups is 1. The fourth-order valence-corrected chi connectivity index (χ4v) is 2.20. The minimum absolute atomic E-state index is 0.401. The van der Waals surface area contributed by atoms with Gasteiger partial charge in [-0.3, -0.25) is 4.99 Å². The highest BCUT2D eigenvalue weighted by molar-refractivity contribution is 5.79. The van der Waals surface area contributed by atoms with E-state index in [4.69, 9.17) is 9.47 Å². The third-order valence-electron chi connectivity index (χ3n) is 3.57. The average Bonchev–Trinajstić information content (AvgIpc) is 2.63. The van der Waals surface area contributed by atoms with Crippen LogP contribution in [0, 0.1) is 0 Å². The van der Waals surface area contributed by atoms with Gasteiger partial charge in [0, 0.05) is 38.4 Å². The summed E-state index contributed by atoms with van der Waals surface area (Å²) in [6.07, 6.45) is 4.17. The van der Waals surface area contributed by atoms with E-state index < -0.39 is 11.7 Å². The zero-order valence-corrected chi connectivity index (χ0v) is 17.8. The van der Waals surface area contributed by atoms with Crippen LogP contribution < -0.4 is 20.7 Å². The lowest BCUT2D eigenvalue weighted by molar-refractivity contribution is 0.0527. The number of carbonyl (C=O) groups excluding carboxylic acids is 1. The van der Waals surface area contributed by atoms with Crippen molar-refractivity contribution in [2.24, 2.45) is 4.99 Å². The van der Waals surface area contributed by atoms with Gasteiger partial charge < -0.3 is 25.4 Å². The Hall–Kier alpha value is -2.51. The monoisotopic (exact) mass is 393 g/mol. The molecule has 1 amide bonds. The number of aliphatic imine (C=N–C) groups is 1. The van der Waals surface area contributed by atoms with Crippen molar-refractivity contribution < 1.29 is 14.3 Å². The molecule has 0 saturated heterocycles. The number of amides is 1. The molecule has 158 valence electrons. The number of nitrogens with one attached hydrogen (secondary N) is 3. The van der Waals surface area contributed by atoms with Gasteiger partial charge in [-0.1, -0.05) is 19.4 Å². The van der Waals surface area contributed by atoms with Crippen LogP contribution in [0.3, 0.4) is 0 Å². The van der Waals surface area contributed by atoms with Gasteiger partial charge in [-0.2, -0.15) is 0 Å². The number of aromatic nitrogens is 1. The summed E-state index contributed by atoms with van der Waals surface area (Å²) in [5, 5.41) is 9.21. The van der Waals surface area contributed by atoms with Crippen molar-refractivity contribution in [3.8, 4) is 5.88 Å². The zero-order valence-electron chi connectivity index (χ0n) is 17.8. The highest BCUT2D eigenvalue weighted by Crippen LogP contribution is 2.14. The minimum atomic E-state index is -0.486. The van der Waals surface area contributed by atoms with Crippen LogP contribution in [0.15, 0.2) is 23.3 Å². The summed E-state index contributed by atoms with van der Waals surface area (Å²) in [4.78, 5) is 20.1. The number of ether oxygens (including phenoxy) is 2. The number of hydrogen-bond acceptors (Lipinski definition) is 5. The Kier molecular flexibility index (Phi) is 10.8. The Morgan fingerprint density at radius 3 is 2.61 bits per heavy atom. The number of carbonyl (C=O) groups is 1. The molecule has 28 heavy (non-hydrogen) atoms. The summed E-state index contributed by atoms with van der Waals surface area (Å²) >= 11 is 0. The van der Waals surface area contributed by atoms with Crippen molar-refractivity contribution in [3.63, 3.8) is 0 Å². The maximum atomic E-state index is 11.6. The van der Waals surface area contributed by atoms with Crippen LogP contribution in [0.25, 0.3) is 0 Å². The van der Waals surface area contributed by atoms with Crippen molar-refractivity contribution in [1.82, 2.24) is 20.9 Å². The smallest absolute Gasteiger partial charge is 0.407 e. The van der Waals surface area contributed by atoms with Gasteiger partial charge in [-0.05, 0) is 39.7 Å². The van der Waals surface area contributed by atoms with Crippen LogP contribution >= 0.6 is 0 Å². The lowest BCUT2D eigenvalue weighted by Crippen LogP contribution is -2.39. The van der Waals surface area contributed by atoms with Gasteiger partial charge in [-0.15, -0.1) is 0 Å². The molecule has 0 saturated carbocycles. The second kappa shape index (κ2) is 12.8. The average molecular weight is 394 g/mol. The third-order valence-corrected chi connectivity index (χ3v) is 3.57. The van der Waals surface area contributed by atoms with Gasteiger partial charge in [0.25, 0.3) is 0 Å². The number of alkyl carbamates (subject to hydrolysis) is 1. The molecule has 8 nitrogen and oxygen atoms in total. The van der Waals surface area contributed by atoms with Crippen LogP contribution in [-0.4, -0.2) is 49.4 Å². The van der Waals surface area contributed by atoms with E-state index in [9.17, 15) is 4.79 Å². The lowest BCUT2D eigenvalue weighted by atomic mass is 10.2. The van der Waals surface area contributed by atoms with Crippen molar-refractivity contribution >= 4 is 12.1 Å². The molecule has 1 heterocycles. The SMILES string of the molecule is CCCCOc1ncccc1CNC(=NC)NCCCNC(=O)OC(C)(C)C. The molecule has 0 aliphatic carbocycles. The first-order chi connectivity index (χ1) is 13.4. The van der Waals surface area contributed by atoms with Gasteiger partial charge in [0.1, 0.15) is 5.60 Å². The molecular formula is C20H35N5O3. The molecule has 1 rings (SSSR count). The number of nitrogens with zero attached hydrogens (tertiary/aromatic N) is 2. The summed E-state index contributed by atoms with van der Waals surface area (Å²) in [5.41, 5.74) is 0.493. The molecule has 0 fully saturated rings. The molecule has 0 aromatic carbocycles. The number of unbranched alkanes of at least 4 members (excludes halogenated alkanes) is 1. The Labute approximate surface area is 168 Å². The molecule has 1 aromatic rings. The van der Waals surface area contributed by atoms with Crippen LogP contribution in [0.5, 0.6) is 5.88 Å². The predicted molar refractivity (Wildman–Crippen MR) is 112 cm³/mol. The van der Waals surface area contributed by atoms with Crippen molar-refractivity contribution in [1.29, 1.82) is 0 Å². The minimum Gasteiger partial charge on any atom is -0.477 e. The molecule has 0 aliphatic heterocycles. The summed E-state index contributed by atoms with van der Waals surface area (Å²) in [6.45, 7) is 10.1. The van der Waals surface area contributed by atoms with E-state index in [2.05, 4.69) is 32.9 Å². The molecule has 1 aromatic heterocycles. The number of hydrogen-bond donors (Lipinski definition) is 3. The quantitative estimate of drug-likeness (QED) is 0.321. The van der Waals surface area contributed by atoms with Crippen LogP contribution in [-0.2, 0) is 11.3 Å². The topological polar surface area (TPSA) is 96.9 Å². The number of rotatable bonds is 10. The first-order valence-electron chi connectivity index (χ1n) is 9.83. The van der Waals surface area contributed by atoms with Crippen LogP contribution in [0.4, 0.5) is 4.79 Å². The van der Waals surface area contributed by atoms with Crippen molar-refractivity contribution in [2.75, 3.05) is 26.7 Å². The van der Waals surface area contributed by atoms with Gasteiger partial charge >= 0.3 is 6.09 Å². The van der Waals surface area contributed by atoms with Gasteiger partial charge in [-0.25, -0.2) is 9.78 Å². The Bertz CT molecular complexity index is 614. The molecule has 0 bridgehead atoms. The Morgan fingerprint density at radius 2 is 1.93 bits per heavy atom. The molecule has 8 heteroatoms. The molecule has 0 atom stereocenters. The molecule has 0 radical (unpaired) electrons. The number of pyridine rings is 1. The predicted octanol–water partition coefficient (Wildman–Crippen LogP) is 2.84. The summed E-state index contributed by atoms with van der Waals surface area (Å²) in [7, 11) is 1.72.